The van der Waals surface area contributed by atoms with Crippen molar-refractivity contribution < 1.29 is 49.0 Å². The second kappa shape index (κ2) is 7.58. The number of carbonyl (C=O) groups excluding carboxylic acids is 1. The molecule has 0 heterocycles. The minimum absolute atomic E-state index is 0.311. The van der Waals surface area contributed by atoms with E-state index in [2.05, 4.69) is 4.74 Å². The average Bonchev–Trinajstić information content (AvgIpc) is 2.51. The zero-order valence-electron chi connectivity index (χ0n) is 14.7. The average molecular weight is 442 g/mol. The van der Waals surface area contributed by atoms with Gasteiger partial charge in [0.05, 0.1) is 16.0 Å². The molecule has 0 N–H and O–H groups in total. The van der Waals surface area contributed by atoms with Crippen molar-refractivity contribution in [2.45, 2.75) is 24.2 Å². The van der Waals surface area contributed by atoms with E-state index in [1.807, 2.05) is 0 Å². The minimum Gasteiger partial charge on any atom is -0.457 e. The predicted octanol–water partition coefficient (Wildman–Crippen LogP) is 4.85. The zero-order valence-corrected chi connectivity index (χ0v) is 15.5. The molecule has 5 nitrogen and oxygen atoms in total. The highest BCUT2D eigenvalue weighted by atomic mass is 32.2. The molecule has 12 heteroatoms. The van der Waals surface area contributed by atoms with Crippen LogP contribution in [0.5, 0.6) is 17.2 Å². The number of hydrogen-bond acceptors (Lipinski definition) is 5. The molecule has 2 rings (SSSR count). The van der Waals surface area contributed by atoms with Crippen LogP contribution < -0.4 is 9.47 Å². The number of ether oxygens (including phenoxy) is 2. The van der Waals surface area contributed by atoms with Crippen molar-refractivity contribution in [1.29, 1.82) is 0 Å². The molecule has 0 fully saturated rings. The van der Waals surface area contributed by atoms with Gasteiger partial charge in [-0.3, -0.25) is 4.79 Å². The van der Waals surface area contributed by atoms with E-state index in [1.54, 1.807) is 0 Å². The zero-order chi connectivity index (χ0) is 22.2. The highest BCUT2D eigenvalue weighted by Crippen LogP contribution is 2.41. The fourth-order valence-corrected chi connectivity index (χ4v) is 2.84. The molecule has 2 aromatic rings. The monoisotopic (exact) mass is 442 g/mol. The van der Waals surface area contributed by atoms with E-state index in [0.29, 0.717) is 30.5 Å². The molecule has 0 unspecified atom stereocenters. The number of sulfone groups is 1. The number of alkyl halides is 6. The van der Waals surface area contributed by atoms with Crippen LogP contribution in [-0.4, -0.2) is 20.6 Å². The minimum atomic E-state index is -5.06. The summed E-state index contributed by atoms with van der Waals surface area (Å²) in [6.45, 7) is 0.923. The van der Waals surface area contributed by atoms with Crippen LogP contribution in [-0.2, 0) is 27.0 Å². The molecule has 0 radical (unpaired) electrons. The topological polar surface area (TPSA) is 69.7 Å². The Morgan fingerprint density at radius 3 is 1.97 bits per heavy atom. The third-order valence-corrected chi connectivity index (χ3v) is 4.49. The molecule has 0 aliphatic heterocycles. The quantitative estimate of drug-likeness (QED) is 0.385. The van der Waals surface area contributed by atoms with Crippen LogP contribution in [0.15, 0.2) is 41.3 Å². The van der Waals surface area contributed by atoms with Gasteiger partial charge in [-0.25, -0.2) is 8.42 Å². The molecule has 0 spiro atoms. The molecule has 0 amide bonds. The Morgan fingerprint density at radius 2 is 1.48 bits per heavy atom. The SMILES string of the molecule is CC(=O)Oc1cc(Oc2ccc(S(C)(=O)=O)cc2C(F)(F)F)cc(C(F)(F)F)c1. The second-order valence-corrected chi connectivity index (χ2v) is 7.83. The summed E-state index contributed by atoms with van der Waals surface area (Å²) >= 11 is 0. The summed E-state index contributed by atoms with van der Waals surface area (Å²) < 4.78 is 112. The van der Waals surface area contributed by atoms with Crippen molar-refractivity contribution in [2.24, 2.45) is 0 Å². The first-order chi connectivity index (χ1) is 13.1. The molecule has 0 bridgehead atoms. The molecular formula is C17H12F6O5S. The number of carbonyl (C=O) groups is 1. The Hall–Kier alpha value is -2.76. The van der Waals surface area contributed by atoms with Gasteiger partial charge < -0.3 is 9.47 Å². The molecule has 0 aromatic heterocycles. The summed E-state index contributed by atoms with van der Waals surface area (Å²) in [7, 11) is -3.98. The Morgan fingerprint density at radius 1 is 0.897 bits per heavy atom. The summed E-state index contributed by atoms with van der Waals surface area (Å²) in [5.74, 6) is -3.18. The summed E-state index contributed by atoms with van der Waals surface area (Å²) in [4.78, 5) is 10.4. The molecule has 158 valence electrons. The third-order valence-electron chi connectivity index (χ3n) is 3.38. The molecule has 0 atom stereocenters. The van der Waals surface area contributed by atoms with Gasteiger partial charge in [0.1, 0.15) is 17.2 Å². The first-order valence-electron chi connectivity index (χ1n) is 7.57. The van der Waals surface area contributed by atoms with E-state index in [4.69, 9.17) is 4.74 Å². The Bertz CT molecular complexity index is 1040. The van der Waals surface area contributed by atoms with Crippen molar-refractivity contribution in [3.8, 4) is 17.2 Å². The van der Waals surface area contributed by atoms with Gasteiger partial charge in [0.25, 0.3) is 0 Å². The number of esters is 1. The van der Waals surface area contributed by atoms with Crippen molar-refractivity contribution in [1.82, 2.24) is 0 Å². The molecule has 0 aliphatic rings. The summed E-state index contributed by atoms with van der Waals surface area (Å²) in [5, 5.41) is 0. The first-order valence-corrected chi connectivity index (χ1v) is 9.46. The van der Waals surface area contributed by atoms with Crippen LogP contribution in [0.1, 0.15) is 18.1 Å². The molecule has 0 saturated carbocycles. The van der Waals surface area contributed by atoms with Gasteiger partial charge >= 0.3 is 18.3 Å². The van der Waals surface area contributed by atoms with Crippen LogP contribution in [0, 0.1) is 0 Å². The summed E-state index contributed by atoms with van der Waals surface area (Å²) in [6, 6.07) is 3.49. The standard InChI is InChI=1S/C17H12F6O5S/c1-9(24)27-11-5-10(16(18,19)20)6-12(7-11)28-15-4-3-13(29(2,25)26)8-14(15)17(21,22)23/h3-8H,1-2H3. The van der Waals surface area contributed by atoms with Crippen molar-refractivity contribution in [3.05, 3.63) is 47.5 Å². The smallest absolute Gasteiger partial charge is 0.420 e. The highest BCUT2D eigenvalue weighted by molar-refractivity contribution is 7.90. The third kappa shape index (κ3) is 5.86. The highest BCUT2D eigenvalue weighted by Gasteiger charge is 2.36. The van der Waals surface area contributed by atoms with Gasteiger partial charge in [0.15, 0.2) is 9.84 Å². The lowest BCUT2D eigenvalue weighted by Gasteiger charge is -2.16. The van der Waals surface area contributed by atoms with Crippen molar-refractivity contribution in [2.75, 3.05) is 6.26 Å². The van der Waals surface area contributed by atoms with Crippen molar-refractivity contribution >= 4 is 15.8 Å². The largest absolute Gasteiger partial charge is 0.457 e. The second-order valence-electron chi connectivity index (χ2n) is 5.81. The maximum absolute atomic E-state index is 13.3. The van der Waals surface area contributed by atoms with Gasteiger partial charge in [0, 0.05) is 19.2 Å². The molecule has 2 aromatic carbocycles. The Balaban J connectivity index is 2.59. The molecule has 0 aliphatic carbocycles. The van der Waals surface area contributed by atoms with Crippen LogP contribution in [0.25, 0.3) is 0 Å². The van der Waals surface area contributed by atoms with Crippen LogP contribution in [0.4, 0.5) is 26.3 Å². The number of halogens is 6. The lowest BCUT2D eigenvalue weighted by atomic mass is 10.1. The first kappa shape index (κ1) is 22.5. The van der Waals surface area contributed by atoms with Crippen LogP contribution in [0.2, 0.25) is 0 Å². The van der Waals surface area contributed by atoms with Crippen LogP contribution in [0.3, 0.4) is 0 Å². The number of rotatable bonds is 4. The molecule has 0 saturated heterocycles. The molecule has 29 heavy (non-hydrogen) atoms. The maximum Gasteiger partial charge on any atom is 0.420 e. The Kier molecular flexibility index (Phi) is 5.89. The van der Waals surface area contributed by atoms with E-state index < -0.39 is 61.4 Å². The van der Waals surface area contributed by atoms with E-state index in [9.17, 15) is 39.6 Å². The number of hydrogen-bond donors (Lipinski definition) is 0. The maximum atomic E-state index is 13.3. The van der Waals surface area contributed by atoms with Crippen LogP contribution >= 0.6 is 0 Å². The lowest BCUT2D eigenvalue weighted by Crippen LogP contribution is -2.10. The summed E-state index contributed by atoms with van der Waals surface area (Å²) in [6.07, 6.45) is -9.27. The van der Waals surface area contributed by atoms with Gasteiger partial charge in [-0.05, 0) is 30.3 Å². The number of benzene rings is 2. The summed E-state index contributed by atoms with van der Waals surface area (Å²) in [5.41, 5.74) is -2.83. The van der Waals surface area contributed by atoms with E-state index in [1.165, 1.54) is 0 Å². The fraction of sp³-hybridized carbons (Fsp3) is 0.235. The normalized spacial score (nSPS) is 12.6. The van der Waals surface area contributed by atoms with E-state index >= 15 is 0 Å². The van der Waals surface area contributed by atoms with Crippen molar-refractivity contribution in [3.63, 3.8) is 0 Å². The fourth-order valence-electron chi connectivity index (χ4n) is 2.20. The van der Waals surface area contributed by atoms with Gasteiger partial charge in [0.2, 0.25) is 0 Å². The molecular weight excluding hydrogens is 430 g/mol. The van der Waals surface area contributed by atoms with Gasteiger partial charge in [-0.1, -0.05) is 0 Å². The van der Waals surface area contributed by atoms with Gasteiger partial charge in [-0.2, -0.15) is 26.3 Å². The Labute approximate surface area is 160 Å². The van der Waals surface area contributed by atoms with E-state index in [0.717, 1.165) is 19.1 Å². The predicted molar refractivity (Wildman–Crippen MR) is 87.4 cm³/mol. The lowest BCUT2D eigenvalue weighted by molar-refractivity contribution is -0.139. The van der Waals surface area contributed by atoms with E-state index in [-0.39, 0.29) is 0 Å². The van der Waals surface area contributed by atoms with Gasteiger partial charge in [-0.15, -0.1) is 0 Å².